The summed E-state index contributed by atoms with van der Waals surface area (Å²) in [5.41, 5.74) is 2.07. The summed E-state index contributed by atoms with van der Waals surface area (Å²) in [6.45, 7) is 5.87. The van der Waals surface area contributed by atoms with E-state index in [-0.39, 0.29) is 29.9 Å². The molecule has 2 aromatic carbocycles. The van der Waals surface area contributed by atoms with E-state index in [0.717, 1.165) is 54.9 Å². The molecule has 0 bridgehead atoms. The SMILES string of the molecule is Cc1cccc(OCC[N+]2(C)CCC(C(=O)c3ccccc3)CC2)c1.[I-]. The Bertz CT molecular complexity index is 709. The summed E-state index contributed by atoms with van der Waals surface area (Å²) < 4.78 is 6.91. The molecule has 3 nitrogen and oxygen atoms in total. The molecule has 3 rings (SSSR count). The van der Waals surface area contributed by atoms with Gasteiger partial charge in [0.2, 0.25) is 0 Å². The number of benzene rings is 2. The van der Waals surface area contributed by atoms with Gasteiger partial charge in [-0.05, 0) is 24.6 Å². The number of carbonyl (C=O) groups excluding carboxylic acids is 1. The lowest BCUT2D eigenvalue weighted by Crippen LogP contribution is -3.00. The molecule has 26 heavy (non-hydrogen) atoms. The van der Waals surface area contributed by atoms with Crippen LogP contribution in [-0.2, 0) is 0 Å². The fourth-order valence-electron chi connectivity index (χ4n) is 3.60. The van der Waals surface area contributed by atoms with Crippen molar-refractivity contribution < 1.29 is 38.0 Å². The lowest BCUT2D eigenvalue weighted by atomic mass is 9.88. The first-order valence-corrected chi connectivity index (χ1v) is 9.18. The second kappa shape index (κ2) is 9.51. The quantitative estimate of drug-likeness (QED) is 0.363. The van der Waals surface area contributed by atoms with E-state index >= 15 is 0 Å². The van der Waals surface area contributed by atoms with Gasteiger partial charge in [-0.3, -0.25) is 4.79 Å². The highest BCUT2D eigenvalue weighted by Crippen LogP contribution is 2.25. The maximum Gasteiger partial charge on any atom is 0.166 e. The molecule has 1 heterocycles. The van der Waals surface area contributed by atoms with Crippen LogP contribution in [0.3, 0.4) is 0 Å². The average molecular weight is 465 g/mol. The van der Waals surface area contributed by atoms with Crippen LogP contribution in [0.5, 0.6) is 5.75 Å². The van der Waals surface area contributed by atoms with Crippen LogP contribution in [0.1, 0.15) is 28.8 Å². The van der Waals surface area contributed by atoms with Crippen molar-refractivity contribution in [2.75, 3.05) is 33.3 Å². The molecule has 1 saturated heterocycles. The predicted octanol–water partition coefficient (Wildman–Crippen LogP) is 1.12. The maximum atomic E-state index is 12.6. The molecule has 1 fully saturated rings. The normalized spacial score (nSPS) is 22.3. The lowest BCUT2D eigenvalue weighted by molar-refractivity contribution is -0.914. The van der Waals surface area contributed by atoms with Crippen LogP contribution in [-0.4, -0.2) is 43.6 Å². The van der Waals surface area contributed by atoms with Gasteiger partial charge in [-0.2, -0.15) is 0 Å². The Morgan fingerprint density at radius 2 is 1.77 bits per heavy atom. The Morgan fingerprint density at radius 1 is 1.08 bits per heavy atom. The minimum atomic E-state index is 0. The molecule has 0 saturated carbocycles. The van der Waals surface area contributed by atoms with Crippen LogP contribution in [0.15, 0.2) is 54.6 Å². The Morgan fingerprint density at radius 3 is 2.42 bits per heavy atom. The monoisotopic (exact) mass is 465 g/mol. The molecule has 0 atom stereocenters. The van der Waals surface area contributed by atoms with E-state index in [0.29, 0.717) is 5.78 Å². The number of likely N-dealkylation sites (tertiary alicyclic amines) is 1. The second-order valence-electron chi connectivity index (χ2n) is 7.46. The molecule has 0 unspecified atom stereocenters. The molecule has 0 amide bonds. The molecule has 140 valence electrons. The first-order chi connectivity index (χ1) is 12.1. The summed E-state index contributed by atoms with van der Waals surface area (Å²) in [7, 11) is 2.28. The van der Waals surface area contributed by atoms with Gasteiger partial charge in [-0.15, -0.1) is 0 Å². The minimum absolute atomic E-state index is 0. The van der Waals surface area contributed by atoms with Gasteiger partial charge in [0.15, 0.2) is 5.78 Å². The zero-order valence-corrected chi connectivity index (χ0v) is 17.8. The van der Waals surface area contributed by atoms with Crippen molar-refractivity contribution in [1.82, 2.24) is 0 Å². The van der Waals surface area contributed by atoms with Crippen molar-refractivity contribution in [1.29, 1.82) is 0 Å². The Hall–Kier alpha value is -1.40. The standard InChI is InChI=1S/C22H28NO2.HI/c1-18-7-6-10-21(17-18)25-16-15-23(2)13-11-20(12-14-23)22(24)19-8-4-3-5-9-19;/h3-10,17,20H,11-16H2,1-2H3;1H/q+1;/p-1. The average Bonchev–Trinajstić information content (AvgIpc) is 2.62. The van der Waals surface area contributed by atoms with Gasteiger partial charge in [0.05, 0.1) is 20.1 Å². The number of hydrogen-bond donors (Lipinski definition) is 0. The predicted molar refractivity (Wildman–Crippen MR) is 101 cm³/mol. The zero-order chi connectivity index (χ0) is 17.7. The number of likely N-dealkylation sites (N-methyl/N-ethyl adjacent to an activating group) is 1. The molecule has 0 aromatic heterocycles. The number of hydrogen-bond acceptors (Lipinski definition) is 2. The fourth-order valence-corrected chi connectivity index (χ4v) is 3.60. The van der Waals surface area contributed by atoms with Crippen molar-refractivity contribution in [2.45, 2.75) is 19.8 Å². The fraction of sp³-hybridized carbons (Fsp3) is 0.409. The molecule has 1 aliphatic heterocycles. The number of halogens is 1. The molecular weight excluding hydrogens is 437 g/mol. The van der Waals surface area contributed by atoms with E-state index in [1.165, 1.54) is 5.56 Å². The van der Waals surface area contributed by atoms with E-state index in [1.807, 2.05) is 42.5 Å². The molecular formula is C22H28INO2. The van der Waals surface area contributed by atoms with Crippen molar-refractivity contribution in [3.8, 4) is 5.75 Å². The third kappa shape index (κ3) is 5.55. The molecule has 2 aromatic rings. The van der Waals surface area contributed by atoms with Crippen molar-refractivity contribution >= 4 is 5.78 Å². The molecule has 0 spiro atoms. The van der Waals surface area contributed by atoms with Gasteiger partial charge >= 0.3 is 0 Å². The Kier molecular flexibility index (Phi) is 7.65. The van der Waals surface area contributed by atoms with Crippen LogP contribution in [0, 0.1) is 12.8 Å². The zero-order valence-electron chi connectivity index (χ0n) is 15.7. The van der Waals surface area contributed by atoms with E-state index in [4.69, 9.17) is 4.74 Å². The summed E-state index contributed by atoms with van der Waals surface area (Å²) in [5, 5.41) is 0. The van der Waals surface area contributed by atoms with Gasteiger partial charge in [-0.25, -0.2) is 0 Å². The van der Waals surface area contributed by atoms with E-state index in [1.54, 1.807) is 0 Å². The summed E-state index contributed by atoms with van der Waals surface area (Å²) >= 11 is 0. The lowest BCUT2D eigenvalue weighted by Gasteiger charge is -2.40. The summed E-state index contributed by atoms with van der Waals surface area (Å²) in [6, 6.07) is 17.9. The number of quaternary nitrogens is 1. The number of nitrogens with zero attached hydrogens (tertiary/aromatic N) is 1. The second-order valence-corrected chi connectivity index (χ2v) is 7.46. The molecule has 4 heteroatoms. The number of Topliss-reactive ketones (excluding diaryl/α,β-unsaturated/α-hetero) is 1. The van der Waals surface area contributed by atoms with Crippen LogP contribution >= 0.6 is 0 Å². The Labute approximate surface area is 174 Å². The van der Waals surface area contributed by atoms with Crippen LogP contribution in [0.25, 0.3) is 0 Å². The number of piperidine rings is 1. The van der Waals surface area contributed by atoms with Crippen molar-refractivity contribution in [3.63, 3.8) is 0 Å². The summed E-state index contributed by atoms with van der Waals surface area (Å²) in [5.74, 6) is 1.43. The topological polar surface area (TPSA) is 26.3 Å². The third-order valence-electron chi connectivity index (χ3n) is 5.35. The first-order valence-electron chi connectivity index (χ1n) is 9.18. The smallest absolute Gasteiger partial charge is 0.166 e. The largest absolute Gasteiger partial charge is 1.00 e. The molecule has 0 aliphatic carbocycles. The maximum absolute atomic E-state index is 12.6. The molecule has 1 aliphatic rings. The first kappa shape index (κ1) is 20.9. The molecule has 0 N–H and O–H groups in total. The highest BCUT2D eigenvalue weighted by Gasteiger charge is 2.33. The van der Waals surface area contributed by atoms with Gasteiger partial charge in [0.25, 0.3) is 0 Å². The van der Waals surface area contributed by atoms with Crippen molar-refractivity contribution in [3.05, 3.63) is 65.7 Å². The van der Waals surface area contributed by atoms with Crippen LogP contribution in [0.2, 0.25) is 0 Å². The third-order valence-corrected chi connectivity index (χ3v) is 5.35. The highest BCUT2D eigenvalue weighted by molar-refractivity contribution is 5.97. The number of ether oxygens (including phenoxy) is 1. The van der Waals surface area contributed by atoms with E-state index in [9.17, 15) is 4.79 Å². The minimum Gasteiger partial charge on any atom is -1.00 e. The number of rotatable bonds is 6. The van der Waals surface area contributed by atoms with E-state index in [2.05, 4.69) is 26.1 Å². The number of aryl methyl sites for hydroxylation is 1. The molecule has 0 radical (unpaired) electrons. The van der Waals surface area contributed by atoms with Crippen molar-refractivity contribution in [2.24, 2.45) is 5.92 Å². The summed E-state index contributed by atoms with van der Waals surface area (Å²) in [4.78, 5) is 12.6. The number of ketones is 1. The summed E-state index contributed by atoms with van der Waals surface area (Å²) in [6.07, 6.45) is 1.93. The van der Waals surface area contributed by atoms with Gasteiger partial charge in [0.1, 0.15) is 18.9 Å². The van der Waals surface area contributed by atoms with Gasteiger partial charge < -0.3 is 33.2 Å². The van der Waals surface area contributed by atoms with E-state index < -0.39 is 0 Å². The Balaban J connectivity index is 0.00000243. The van der Waals surface area contributed by atoms with Crippen LogP contribution in [0.4, 0.5) is 0 Å². The van der Waals surface area contributed by atoms with Gasteiger partial charge in [-0.1, -0.05) is 42.5 Å². The van der Waals surface area contributed by atoms with Crippen LogP contribution < -0.4 is 28.7 Å². The van der Waals surface area contributed by atoms with Gasteiger partial charge in [0, 0.05) is 24.3 Å². The number of carbonyl (C=O) groups is 1. The highest BCUT2D eigenvalue weighted by atomic mass is 127.